The van der Waals surface area contributed by atoms with Crippen molar-refractivity contribution in [3.8, 4) is 0 Å². The van der Waals surface area contributed by atoms with Crippen molar-refractivity contribution in [1.29, 1.82) is 0 Å². The van der Waals surface area contributed by atoms with E-state index in [1.54, 1.807) is 6.07 Å². The molecule has 2 rings (SSSR count). The lowest BCUT2D eigenvalue weighted by molar-refractivity contribution is 0.224. The van der Waals surface area contributed by atoms with Crippen LogP contribution >= 0.6 is 0 Å². The highest BCUT2D eigenvalue weighted by atomic mass is 19.1. The lowest BCUT2D eigenvalue weighted by Crippen LogP contribution is -2.43. The van der Waals surface area contributed by atoms with Gasteiger partial charge in [-0.3, -0.25) is 4.90 Å². The maximum Gasteiger partial charge on any atom is 0.130 e. The van der Waals surface area contributed by atoms with Gasteiger partial charge in [-0.25, -0.2) is 8.78 Å². The minimum atomic E-state index is -0.516. The molecular formula is C15H22F2N2. The van der Waals surface area contributed by atoms with Crippen LogP contribution in [-0.4, -0.2) is 30.6 Å². The Kier molecular flexibility index (Phi) is 5.28. The van der Waals surface area contributed by atoms with E-state index in [4.69, 9.17) is 0 Å². The van der Waals surface area contributed by atoms with E-state index < -0.39 is 11.6 Å². The highest BCUT2D eigenvalue weighted by Gasteiger charge is 2.17. The quantitative estimate of drug-likeness (QED) is 0.883. The molecule has 4 heteroatoms. The van der Waals surface area contributed by atoms with Gasteiger partial charge in [0.15, 0.2) is 0 Å². The van der Waals surface area contributed by atoms with Gasteiger partial charge in [0.2, 0.25) is 0 Å². The van der Waals surface area contributed by atoms with E-state index in [1.807, 2.05) is 0 Å². The summed E-state index contributed by atoms with van der Waals surface area (Å²) in [5, 5.41) is 3.50. The van der Waals surface area contributed by atoms with Crippen LogP contribution in [0.4, 0.5) is 8.78 Å². The van der Waals surface area contributed by atoms with Gasteiger partial charge >= 0.3 is 0 Å². The molecule has 106 valence electrons. The van der Waals surface area contributed by atoms with Crippen molar-refractivity contribution in [2.24, 2.45) is 0 Å². The van der Waals surface area contributed by atoms with Crippen LogP contribution in [0.15, 0.2) is 18.2 Å². The van der Waals surface area contributed by atoms with Crippen LogP contribution in [0.25, 0.3) is 0 Å². The van der Waals surface area contributed by atoms with Gasteiger partial charge < -0.3 is 5.32 Å². The van der Waals surface area contributed by atoms with E-state index in [-0.39, 0.29) is 0 Å². The Morgan fingerprint density at radius 3 is 2.79 bits per heavy atom. The van der Waals surface area contributed by atoms with Gasteiger partial charge in [-0.05, 0) is 32.0 Å². The zero-order valence-corrected chi connectivity index (χ0v) is 11.5. The summed E-state index contributed by atoms with van der Waals surface area (Å²) in [5.74, 6) is -0.965. The molecule has 1 saturated heterocycles. The number of benzene rings is 1. The number of rotatable bonds is 5. The summed E-state index contributed by atoms with van der Waals surface area (Å²) in [7, 11) is 0. The number of hydrogen-bond acceptors (Lipinski definition) is 2. The molecule has 1 aromatic rings. The average Bonchev–Trinajstić information content (AvgIpc) is 2.42. The zero-order valence-electron chi connectivity index (χ0n) is 11.5. The molecule has 1 fully saturated rings. The second-order valence-corrected chi connectivity index (χ2v) is 5.21. The van der Waals surface area contributed by atoms with Crippen LogP contribution in [0.1, 0.15) is 31.7 Å². The third-order valence-corrected chi connectivity index (χ3v) is 3.75. The molecule has 1 aromatic carbocycles. The fraction of sp³-hybridized carbons (Fsp3) is 0.600. The SMILES string of the molecule is CCN(Cc1ccc(F)cc1F)CC1CCCCN1. The van der Waals surface area contributed by atoms with Crippen molar-refractivity contribution >= 4 is 0 Å². The molecule has 1 atom stereocenters. The first kappa shape index (κ1) is 14.4. The predicted octanol–water partition coefficient (Wildman–Crippen LogP) is 2.93. The summed E-state index contributed by atoms with van der Waals surface area (Å²) in [6.45, 7) is 5.49. The number of piperidine rings is 1. The normalized spacial score (nSPS) is 19.9. The third kappa shape index (κ3) is 4.25. The van der Waals surface area contributed by atoms with E-state index in [0.717, 1.165) is 25.7 Å². The number of halogens is 2. The van der Waals surface area contributed by atoms with Gasteiger partial charge in [0, 0.05) is 30.8 Å². The van der Waals surface area contributed by atoms with Crippen LogP contribution in [0.2, 0.25) is 0 Å². The maximum atomic E-state index is 13.6. The summed E-state index contributed by atoms with van der Waals surface area (Å²) < 4.78 is 26.5. The van der Waals surface area contributed by atoms with Crippen molar-refractivity contribution in [3.05, 3.63) is 35.4 Å². The molecule has 1 unspecified atom stereocenters. The second-order valence-electron chi connectivity index (χ2n) is 5.21. The minimum absolute atomic E-state index is 0.449. The van der Waals surface area contributed by atoms with E-state index in [2.05, 4.69) is 17.1 Å². The van der Waals surface area contributed by atoms with E-state index in [9.17, 15) is 8.78 Å². The standard InChI is InChI=1S/C15H22F2N2/c1-2-19(11-14-5-3-4-8-18-14)10-12-6-7-13(16)9-15(12)17/h6-7,9,14,18H,2-5,8,10-11H2,1H3. The van der Waals surface area contributed by atoms with Crippen LogP contribution < -0.4 is 5.32 Å². The van der Waals surface area contributed by atoms with Crippen LogP contribution in [0.5, 0.6) is 0 Å². The monoisotopic (exact) mass is 268 g/mol. The third-order valence-electron chi connectivity index (χ3n) is 3.75. The Morgan fingerprint density at radius 1 is 1.32 bits per heavy atom. The van der Waals surface area contributed by atoms with Gasteiger partial charge in [0.25, 0.3) is 0 Å². The van der Waals surface area contributed by atoms with Gasteiger partial charge in [-0.1, -0.05) is 19.4 Å². The lowest BCUT2D eigenvalue weighted by atomic mass is 10.0. The number of nitrogens with one attached hydrogen (secondary N) is 1. The molecule has 0 amide bonds. The Balaban J connectivity index is 1.94. The molecule has 0 aliphatic carbocycles. The molecule has 0 bridgehead atoms. The van der Waals surface area contributed by atoms with Gasteiger partial charge in [-0.2, -0.15) is 0 Å². The number of likely N-dealkylation sites (N-methyl/N-ethyl adjacent to an activating group) is 1. The van der Waals surface area contributed by atoms with Gasteiger partial charge in [0.1, 0.15) is 11.6 Å². The molecule has 0 spiro atoms. The Bertz CT molecular complexity index is 403. The molecule has 1 N–H and O–H groups in total. The average molecular weight is 268 g/mol. The molecular weight excluding hydrogens is 246 g/mol. The first-order valence-electron chi connectivity index (χ1n) is 7.08. The smallest absolute Gasteiger partial charge is 0.130 e. The molecule has 1 aliphatic heterocycles. The molecule has 1 heterocycles. The molecule has 2 nitrogen and oxygen atoms in total. The first-order chi connectivity index (χ1) is 9.19. The van der Waals surface area contributed by atoms with Crippen LogP contribution in [0, 0.1) is 11.6 Å². The Hall–Kier alpha value is -1.00. The predicted molar refractivity (Wildman–Crippen MR) is 73.0 cm³/mol. The summed E-state index contributed by atoms with van der Waals surface area (Å²) in [5.41, 5.74) is 0.569. The van der Waals surface area contributed by atoms with Crippen molar-refractivity contribution in [3.63, 3.8) is 0 Å². The summed E-state index contributed by atoms with van der Waals surface area (Å²) in [6, 6.07) is 4.33. The van der Waals surface area contributed by atoms with E-state index >= 15 is 0 Å². The van der Waals surface area contributed by atoms with Crippen LogP contribution in [0.3, 0.4) is 0 Å². The largest absolute Gasteiger partial charge is 0.313 e. The molecule has 0 radical (unpaired) electrons. The topological polar surface area (TPSA) is 15.3 Å². The van der Waals surface area contributed by atoms with E-state index in [0.29, 0.717) is 18.2 Å². The molecule has 0 saturated carbocycles. The first-order valence-corrected chi connectivity index (χ1v) is 7.08. The molecule has 19 heavy (non-hydrogen) atoms. The zero-order chi connectivity index (χ0) is 13.7. The lowest BCUT2D eigenvalue weighted by Gasteiger charge is -2.30. The fourth-order valence-electron chi connectivity index (χ4n) is 2.59. The second kappa shape index (κ2) is 6.96. The van der Waals surface area contributed by atoms with Crippen molar-refractivity contribution in [2.45, 2.75) is 38.8 Å². The van der Waals surface area contributed by atoms with Crippen molar-refractivity contribution in [2.75, 3.05) is 19.6 Å². The highest BCUT2D eigenvalue weighted by Crippen LogP contribution is 2.14. The summed E-state index contributed by atoms with van der Waals surface area (Å²) in [4.78, 5) is 2.21. The Morgan fingerprint density at radius 2 is 2.16 bits per heavy atom. The maximum absolute atomic E-state index is 13.6. The number of nitrogens with zero attached hydrogens (tertiary/aromatic N) is 1. The Labute approximate surface area is 113 Å². The van der Waals surface area contributed by atoms with Gasteiger partial charge in [-0.15, -0.1) is 0 Å². The van der Waals surface area contributed by atoms with Crippen LogP contribution in [-0.2, 0) is 6.54 Å². The van der Waals surface area contributed by atoms with Crippen molar-refractivity contribution in [1.82, 2.24) is 10.2 Å². The van der Waals surface area contributed by atoms with E-state index in [1.165, 1.54) is 25.3 Å². The summed E-state index contributed by atoms with van der Waals surface area (Å²) >= 11 is 0. The fourth-order valence-corrected chi connectivity index (χ4v) is 2.59. The highest BCUT2D eigenvalue weighted by molar-refractivity contribution is 5.18. The minimum Gasteiger partial charge on any atom is -0.313 e. The van der Waals surface area contributed by atoms with Crippen molar-refractivity contribution < 1.29 is 8.78 Å². The van der Waals surface area contributed by atoms with Gasteiger partial charge in [0.05, 0.1) is 0 Å². The summed E-state index contributed by atoms with van der Waals surface area (Å²) in [6.07, 6.45) is 3.69. The molecule has 1 aliphatic rings. The number of hydrogen-bond donors (Lipinski definition) is 1. The molecule has 0 aromatic heterocycles.